The molecule has 0 aliphatic carbocycles. The Bertz CT molecular complexity index is 559. The molecule has 0 spiro atoms. The number of aryl methyl sites for hydroxylation is 1. The van der Waals surface area contributed by atoms with Crippen LogP contribution in [0.4, 0.5) is 5.69 Å². The largest absolute Gasteiger partial charge is 0.399 e. The van der Waals surface area contributed by atoms with Gasteiger partial charge in [0, 0.05) is 30.2 Å². The maximum atomic E-state index is 5.83. The highest BCUT2D eigenvalue weighted by Crippen LogP contribution is 2.24. The van der Waals surface area contributed by atoms with Crippen molar-refractivity contribution < 1.29 is 0 Å². The molecule has 2 heterocycles. The Morgan fingerprint density at radius 3 is 2.94 bits per heavy atom. The molecule has 0 fully saturated rings. The van der Waals surface area contributed by atoms with Crippen LogP contribution < -0.4 is 5.73 Å². The molecule has 1 aromatic carbocycles. The highest BCUT2D eigenvalue weighted by molar-refractivity contribution is 7.10. The molecule has 94 valence electrons. The molecular weight excluding hydrogens is 240 g/mol. The van der Waals surface area contributed by atoms with Crippen molar-refractivity contribution in [2.45, 2.75) is 26.4 Å². The summed E-state index contributed by atoms with van der Waals surface area (Å²) in [5, 5.41) is 2.18. The van der Waals surface area contributed by atoms with Gasteiger partial charge in [-0.2, -0.15) is 0 Å². The van der Waals surface area contributed by atoms with E-state index in [4.69, 9.17) is 5.73 Å². The van der Waals surface area contributed by atoms with E-state index >= 15 is 0 Å². The summed E-state index contributed by atoms with van der Waals surface area (Å²) < 4.78 is 0. The Morgan fingerprint density at radius 2 is 2.17 bits per heavy atom. The number of nitrogens with zero attached hydrogens (tertiary/aromatic N) is 1. The Morgan fingerprint density at radius 1 is 1.28 bits per heavy atom. The van der Waals surface area contributed by atoms with Gasteiger partial charge in [-0.25, -0.2) is 0 Å². The first-order chi connectivity index (χ1) is 8.72. The van der Waals surface area contributed by atoms with E-state index in [0.717, 1.165) is 31.7 Å². The molecule has 0 radical (unpaired) electrons. The van der Waals surface area contributed by atoms with E-state index in [1.165, 1.54) is 21.6 Å². The maximum absolute atomic E-state index is 5.83. The Kier molecular flexibility index (Phi) is 3.10. The van der Waals surface area contributed by atoms with Crippen molar-refractivity contribution in [2.24, 2.45) is 0 Å². The first-order valence-electron chi connectivity index (χ1n) is 6.35. The zero-order valence-electron chi connectivity index (χ0n) is 10.6. The van der Waals surface area contributed by atoms with Crippen LogP contribution in [0.25, 0.3) is 0 Å². The number of hydrogen-bond acceptors (Lipinski definition) is 3. The van der Waals surface area contributed by atoms with Crippen LogP contribution in [0, 0.1) is 6.92 Å². The second-order valence-corrected chi connectivity index (χ2v) is 6.02. The minimum absolute atomic E-state index is 0.885. The summed E-state index contributed by atoms with van der Waals surface area (Å²) in [5.41, 5.74) is 11.0. The molecule has 0 unspecified atom stereocenters. The summed E-state index contributed by atoms with van der Waals surface area (Å²) in [7, 11) is 0. The van der Waals surface area contributed by atoms with Crippen LogP contribution >= 0.6 is 11.3 Å². The minimum Gasteiger partial charge on any atom is -0.399 e. The molecule has 18 heavy (non-hydrogen) atoms. The van der Waals surface area contributed by atoms with Crippen molar-refractivity contribution in [1.29, 1.82) is 0 Å². The first-order valence-corrected chi connectivity index (χ1v) is 7.23. The molecule has 2 aromatic rings. The van der Waals surface area contributed by atoms with Crippen LogP contribution in [0.1, 0.15) is 21.6 Å². The van der Waals surface area contributed by atoms with Gasteiger partial charge in [0.15, 0.2) is 0 Å². The van der Waals surface area contributed by atoms with E-state index in [0.29, 0.717) is 0 Å². The molecule has 0 amide bonds. The highest BCUT2D eigenvalue weighted by Gasteiger charge is 2.17. The molecular formula is C15H18N2S. The van der Waals surface area contributed by atoms with Crippen molar-refractivity contribution in [2.75, 3.05) is 12.3 Å². The SMILES string of the molecule is Cc1ccsc1CN1CCc2cc(N)ccc2C1. The lowest BCUT2D eigenvalue weighted by atomic mass is 9.99. The number of hydrogen-bond donors (Lipinski definition) is 1. The summed E-state index contributed by atoms with van der Waals surface area (Å²) in [6.07, 6.45) is 1.12. The lowest BCUT2D eigenvalue weighted by molar-refractivity contribution is 0.247. The molecule has 2 N–H and O–H groups in total. The van der Waals surface area contributed by atoms with E-state index < -0.39 is 0 Å². The normalized spacial score (nSPS) is 15.6. The molecule has 1 aromatic heterocycles. The van der Waals surface area contributed by atoms with Crippen molar-refractivity contribution in [1.82, 2.24) is 4.90 Å². The van der Waals surface area contributed by atoms with Gasteiger partial charge in [-0.1, -0.05) is 6.07 Å². The van der Waals surface area contributed by atoms with Gasteiger partial charge < -0.3 is 5.73 Å². The fourth-order valence-corrected chi connectivity index (χ4v) is 3.48. The van der Waals surface area contributed by atoms with Crippen molar-refractivity contribution in [3.05, 3.63) is 51.2 Å². The number of anilines is 1. The molecule has 0 atom stereocenters. The van der Waals surface area contributed by atoms with Crippen molar-refractivity contribution in [3.63, 3.8) is 0 Å². The van der Waals surface area contributed by atoms with Crippen molar-refractivity contribution in [3.8, 4) is 0 Å². The lowest BCUT2D eigenvalue weighted by Crippen LogP contribution is -2.30. The zero-order valence-corrected chi connectivity index (χ0v) is 11.5. The molecule has 2 nitrogen and oxygen atoms in total. The average Bonchev–Trinajstić information content (AvgIpc) is 2.75. The molecule has 0 saturated heterocycles. The topological polar surface area (TPSA) is 29.3 Å². The first kappa shape index (κ1) is 11.8. The van der Waals surface area contributed by atoms with Crippen LogP contribution in [0.15, 0.2) is 29.6 Å². The number of nitrogen functional groups attached to an aromatic ring is 1. The second-order valence-electron chi connectivity index (χ2n) is 5.02. The quantitative estimate of drug-likeness (QED) is 0.838. The van der Waals surface area contributed by atoms with Crippen LogP contribution in [0.5, 0.6) is 0 Å². The maximum Gasteiger partial charge on any atom is 0.0334 e. The van der Waals surface area contributed by atoms with Crippen molar-refractivity contribution >= 4 is 17.0 Å². The molecule has 0 bridgehead atoms. The highest BCUT2D eigenvalue weighted by atomic mass is 32.1. The Hall–Kier alpha value is -1.32. The van der Waals surface area contributed by atoms with Gasteiger partial charge >= 0.3 is 0 Å². The van der Waals surface area contributed by atoms with Gasteiger partial charge in [0.1, 0.15) is 0 Å². The molecule has 1 aliphatic rings. The van der Waals surface area contributed by atoms with Gasteiger partial charge in [0.05, 0.1) is 0 Å². The van der Waals surface area contributed by atoms with Gasteiger partial charge in [0.2, 0.25) is 0 Å². The van der Waals surface area contributed by atoms with E-state index in [1.807, 2.05) is 17.4 Å². The monoisotopic (exact) mass is 258 g/mol. The average molecular weight is 258 g/mol. The predicted octanol–water partition coefficient (Wildman–Crippen LogP) is 3.20. The van der Waals surface area contributed by atoms with Gasteiger partial charge in [-0.3, -0.25) is 4.90 Å². The molecule has 0 saturated carbocycles. The smallest absolute Gasteiger partial charge is 0.0334 e. The van der Waals surface area contributed by atoms with Crippen LogP contribution in [0.2, 0.25) is 0 Å². The van der Waals surface area contributed by atoms with Gasteiger partial charge in [0.25, 0.3) is 0 Å². The predicted molar refractivity (Wildman–Crippen MR) is 77.7 cm³/mol. The number of nitrogens with two attached hydrogens (primary N) is 1. The Balaban J connectivity index is 1.75. The van der Waals surface area contributed by atoms with Gasteiger partial charge in [-0.15, -0.1) is 11.3 Å². The van der Waals surface area contributed by atoms with Crippen LogP contribution in [0.3, 0.4) is 0 Å². The molecule has 3 rings (SSSR count). The summed E-state index contributed by atoms with van der Waals surface area (Å²) >= 11 is 1.87. The fraction of sp³-hybridized carbons (Fsp3) is 0.333. The third-order valence-electron chi connectivity index (χ3n) is 3.66. The molecule has 3 heteroatoms. The summed E-state index contributed by atoms with van der Waals surface area (Å²) in [4.78, 5) is 4.02. The zero-order chi connectivity index (χ0) is 12.5. The van der Waals surface area contributed by atoms with E-state index in [2.05, 4.69) is 35.4 Å². The number of benzene rings is 1. The van der Waals surface area contributed by atoms with Crippen LogP contribution in [-0.2, 0) is 19.5 Å². The van der Waals surface area contributed by atoms with Crippen LogP contribution in [-0.4, -0.2) is 11.4 Å². The fourth-order valence-electron chi connectivity index (χ4n) is 2.54. The second kappa shape index (κ2) is 4.75. The lowest BCUT2D eigenvalue weighted by Gasteiger charge is -2.28. The van der Waals surface area contributed by atoms with E-state index in [9.17, 15) is 0 Å². The third-order valence-corrected chi connectivity index (χ3v) is 4.66. The number of fused-ring (bicyclic) bond motifs is 1. The number of thiophene rings is 1. The summed E-state index contributed by atoms with van der Waals surface area (Å²) in [5.74, 6) is 0. The third kappa shape index (κ3) is 2.28. The minimum atomic E-state index is 0.885. The molecule has 1 aliphatic heterocycles. The summed E-state index contributed by atoms with van der Waals surface area (Å²) in [6, 6.07) is 8.53. The van der Waals surface area contributed by atoms with E-state index in [1.54, 1.807) is 0 Å². The summed E-state index contributed by atoms with van der Waals surface area (Å²) in [6.45, 7) is 5.46. The Labute approximate surface area is 112 Å². The standard InChI is InChI=1S/C15H18N2S/c1-11-5-7-18-15(11)10-17-6-4-12-8-14(16)3-2-13(12)9-17/h2-3,5,7-8H,4,6,9-10,16H2,1H3. The number of rotatable bonds is 2. The van der Waals surface area contributed by atoms with Gasteiger partial charge in [-0.05, 0) is 53.6 Å². The van der Waals surface area contributed by atoms with E-state index in [-0.39, 0.29) is 0 Å².